The molecule has 2 N–H and O–H groups in total. The molecule has 0 amide bonds. The molecule has 26 heavy (non-hydrogen) atoms. The van der Waals surface area contributed by atoms with E-state index in [-0.39, 0.29) is 30.1 Å². The summed E-state index contributed by atoms with van der Waals surface area (Å²) in [6, 6.07) is 8.23. The van der Waals surface area contributed by atoms with Crippen LogP contribution in [0.1, 0.15) is 29.6 Å². The van der Waals surface area contributed by atoms with Crippen molar-refractivity contribution in [2.75, 3.05) is 19.6 Å². The van der Waals surface area contributed by atoms with Crippen molar-refractivity contribution in [1.29, 1.82) is 0 Å². The lowest BCUT2D eigenvalue weighted by molar-refractivity contribution is 0.241. The lowest BCUT2D eigenvalue weighted by Gasteiger charge is -2.13. The third-order valence-corrected chi connectivity index (χ3v) is 5.06. The summed E-state index contributed by atoms with van der Waals surface area (Å²) in [5.74, 6) is 1.86. The molecule has 2 aromatic rings. The van der Waals surface area contributed by atoms with Crippen LogP contribution in [-0.4, -0.2) is 36.7 Å². The summed E-state index contributed by atoms with van der Waals surface area (Å²) in [5.41, 5.74) is 2.39. The van der Waals surface area contributed by atoms with Gasteiger partial charge in [0.2, 0.25) is 0 Å². The normalized spacial score (nSPS) is 15.8. The molecule has 1 unspecified atom stereocenters. The molecule has 3 rings (SSSR count). The number of aromatic nitrogens is 1. The third-order valence-electron chi connectivity index (χ3n) is 4.04. The number of halogens is 1. The monoisotopic (exact) mass is 486 g/mol. The van der Waals surface area contributed by atoms with Crippen molar-refractivity contribution in [3.8, 4) is 5.75 Å². The highest BCUT2D eigenvalue weighted by atomic mass is 127. The maximum atomic E-state index is 5.95. The maximum absolute atomic E-state index is 5.95. The summed E-state index contributed by atoms with van der Waals surface area (Å²) in [7, 11) is 0. The van der Waals surface area contributed by atoms with E-state index >= 15 is 0 Å². The Morgan fingerprint density at radius 2 is 2.19 bits per heavy atom. The molecule has 1 aliphatic rings. The van der Waals surface area contributed by atoms with Crippen molar-refractivity contribution >= 4 is 41.3 Å². The molecular formula is C19H27IN4OS. The van der Waals surface area contributed by atoms with Gasteiger partial charge in [-0.05, 0) is 31.9 Å². The SMILES string of the molecule is CCNC(=NCC1Cc2ccccc2O1)NCCCc1nc(C)cs1.I. The van der Waals surface area contributed by atoms with Crippen molar-refractivity contribution in [3.63, 3.8) is 0 Å². The van der Waals surface area contributed by atoms with Crippen LogP contribution in [0.5, 0.6) is 5.75 Å². The number of hydrogen-bond donors (Lipinski definition) is 2. The summed E-state index contributed by atoms with van der Waals surface area (Å²) in [6.07, 6.45) is 3.11. The molecule has 0 saturated carbocycles. The zero-order valence-electron chi connectivity index (χ0n) is 15.3. The zero-order chi connectivity index (χ0) is 17.5. The largest absolute Gasteiger partial charge is 0.488 e. The average molecular weight is 486 g/mol. The van der Waals surface area contributed by atoms with Gasteiger partial charge in [0.05, 0.1) is 11.6 Å². The average Bonchev–Trinajstić information content (AvgIpc) is 3.21. The summed E-state index contributed by atoms with van der Waals surface area (Å²) in [4.78, 5) is 9.18. The van der Waals surface area contributed by atoms with Crippen LogP contribution in [0.25, 0.3) is 0 Å². The molecule has 0 radical (unpaired) electrons. The van der Waals surface area contributed by atoms with Crippen LogP contribution >= 0.6 is 35.3 Å². The van der Waals surface area contributed by atoms with Gasteiger partial charge in [-0.3, -0.25) is 0 Å². The maximum Gasteiger partial charge on any atom is 0.191 e. The number of nitrogens with one attached hydrogen (secondary N) is 2. The number of ether oxygens (including phenoxy) is 1. The summed E-state index contributed by atoms with van der Waals surface area (Å²) in [6.45, 7) is 6.52. The molecule has 0 aliphatic carbocycles. The molecular weight excluding hydrogens is 459 g/mol. The predicted molar refractivity (Wildman–Crippen MR) is 119 cm³/mol. The number of nitrogens with zero attached hydrogens (tertiary/aromatic N) is 2. The molecule has 0 saturated heterocycles. The first-order valence-corrected chi connectivity index (χ1v) is 9.80. The van der Waals surface area contributed by atoms with E-state index < -0.39 is 0 Å². The first kappa shape index (κ1) is 21.0. The first-order valence-electron chi connectivity index (χ1n) is 8.92. The Bertz CT molecular complexity index is 694. The zero-order valence-corrected chi connectivity index (χ0v) is 18.5. The van der Waals surface area contributed by atoms with E-state index in [1.54, 1.807) is 11.3 Å². The Kier molecular flexibility index (Phi) is 8.64. The Labute approximate surface area is 176 Å². The smallest absolute Gasteiger partial charge is 0.191 e. The molecule has 142 valence electrons. The fraction of sp³-hybridized carbons (Fsp3) is 0.474. The van der Waals surface area contributed by atoms with E-state index in [1.165, 1.54) is 10.6 Å². The van der Waals surface area contributed by atoms with Gasteiger partial charge in [0, 0.05) is 37.0 Å². The summed E-state index contributed by atoms with van der Waals surface area (Å²) >= 11 is 1.74. The number of hydrogen-bond acceptors (Lipinski definition) is 4. The molecule has 1 aliphatic heterocycles. The predicted octanol–water partition coefficient (Wildman–Crippen LogP) is 3.56. The van der Waals surface area contributed by atoms with Gasteiger partial charge in [-0.15, -0.1) is 35.3 Å². The third kappa shape index (κ3) is 6.12. The van der Waals surface area contributed by atoms with Crippen LogP contribution in [0.3, 0.4) is 0 Å². The van der Waals surface area contributed by atoms with Gasteiger partial charge < -0.3 is 15.4 Å². The Balaban J connectivity index is 0.00000243. The van der Waals surface area contributed by atoms with Crippen LogP contribution in [0.15, 0.2) is 34.6 Å². The van der Waals surface area contributed by atoms with Gasteiger partial charge >= 0.3 is 0 Å². The number of aliphatic imine (C=N–C) groups is 1. The quantitative estimate of drug-likeness (QED) is 0.272. The second-order valence-electron chi connectivity index (χ2n) is 6.18. The molecule has 0 spiro atoms. The topological polar surface area (TPSA) is 58.5 Å². The Morgan fingerprint density at radius 3 is 2.92 bits per heavy atom. The van der Waals surface area contributed by atoms with Crippen LogP contribution in [0, 0.1) is 6.92 Å². The minimum Gasteiger partial charge on any atom is -0.488 e. The van der Waals surface area contributed by atoms with Gasteiger partial charge in [0.25, 0.3) is 0 Å². The van der Waals surface area contributed by atoms with Crippen molar-refractivity contribution in [2.45, 2.75) is 39.2 Å². The second-order valence-corrected chi connectivity index (χ2v) is 7.13. The van der Waals surface area contributed by atoms with Crippen LogP contribution in [-0.2, 0) is 12.8 Å². The lowest BCUT2D eigenvalue weighted by atomic mass is 10.1. The van der Waals surface area contributed by atoms with Gasteiger partial charge in [0.15, 0.2) is 5.96 Å². The van der Waals surface area contributed by atoms with Crippen molar-refractivity contribution in [3.05, 3.63) is 45.9 Å². The fourth-order valence-electron chi connectivity index (χ4n) is 2.85. The molecule has 1 aromatic heterocycles. The highest BCUT2D eigenvalue weighted by Crippen LogP contribution is 2.28. The molecule has 0 fully saturated rings. The minimum atomic E-state index is 0. The number of thiazole rings is 1. The molecule has 1 aromatic carbocycles. The van der Waals surface area contributed by atoms with Crippen molar-refractivity contribution in [1.82, 2.24) is 15.6 Å². The van der Waals surface area contributed by atoms with E-state index in [0.29, 0.717) is 6.54 Å². The number of guanidine groups is 1. The molecule has 1 atom stereocenters. The fourth-order valence-corrected chi connectivity index (χ4v) is 3.67. The molecule has 2 heterocycles. The number of rotatable bonds is 7. The van der Waals surface area contributed by atoms with Gasteiger partial charge in [0.1, 0.15) is 11.9 Å². The van der Waals surface area contributed by atoms with E-state index in [0.717, 1.165) is 49.8 Å². The van der Waals surface area contributed by atoms with Gasteiger partial charge in [-0.2, -0.15) is 0 Å². The highest BCUT2D eigenvalue weighted by Gasteiger charge is 2.21. The Hall–Kier alpha value is -1.35. The van der Waals surface area contributed by atoms with Gasteiger partial charge in [-0.25, -0.2) is 9.98 Å². The van der Waals surface area contributed by atoms with Gasteiger partial charge in [-0.1, -0.05) is 18.2 Å². The summed E-state index contributed by atoms with van der Waals surface area (Å²) < 4.78 is 5.95. The van der Waals surface area contributed by atoms with E-state index in [1.807, 2.05) is 19.1 Å². The highest BCUT2D eigenvalue weighted by molar-refractivity contribution is 14.0. The minimum absolute atomic E-state index is 0. The standard InChI is InChI=1S/C19H26N4OS.HI/c1-3-20-19(21-10-6-9-18-23-14(2)13-25-18)22-12-16-11-15-7-4-5-8-17(15)24-16;/h4-5,7-8,13,16H,3,6,9-12H2,1-2H3,(H2,20,21,22);1H. The van der Waals surface area contributed by atoms with Crippen molar-refractivity contribution < 1.29 is 4.74 Å². The van der Waals surface area contributed by atoms with E-state index in [9.17, 15) is 0 Å². The molecule has 5 nitrogen and oxygen atoms in total. The molecule has 7 heteroatoms. The number of aryl methyl sites for hydroxylation is 2. The van der Waals surface area contributed by atoms with E-state index in [2.05, 4.69) is 45.0 Å². The summed E-state index contributed by atoms with van der Waals surface area (Å²) in [5, 5.41) is 10.0. The Morgan fingerprint density at radius 1 is 1.35 bits per heavy atom. The number of benzene rings is 1. The number of para-hydroxylation sites is 1. The van der Waals surface area contributed by atoms with Crippen LogP contribution in [0.4, 0.5) is 0 Å². The van der Waals surface area contributed by atoms with Crippen LogP contribution in [0.2, 0.25) is 0 Å². The van der Waals surface area contributed by atoms with Crippen LogP contribution < -0.4 is 15.4 Å². The molecule has 0 bridgehead atoms. The second kappa shape index (κ2) is 10.7. The van der Waals surface area contributed by atoms with E-state index in [4.69, 9.17) is 4.74 Å². The first-order chi connectivity index (χ1) is 12.2. The van der Waals surface area contributed by atoms with Crippen molar-refractivity contribution in [2.24, 2.45) is 4.99 Å². The lowest BCUT2D eigenvalue weighted by Crippen LogP contribution is -2.38. The number of fused-ring (bicyclic) bond motifs is 1.